The first kappa shape index (κ1) is 14.6. The molecule has 100 valence electrons. The Balaban J connectivity index is 3.23. The summed E-state index contributed by atoms with van der Waals surface area (Å²) in [4.78, 5) is 18.6. The van der Waals surface area contributed by atoms with Crippen LogP contribution in [0.1, 0.15) is 33.5 Å². The van der Waals surface area contributed by atoms with E-state index in [-0.39, 0.29) is 22.7 Å². The predicted octanol–water partition coefficient (Wildman–Crippen LogP) is 3.06. The summed E-state index contributed by atoms with van der Waals surface area (Å²) in [5.74, 6) is 1.06. The van der Waals surface area contributed by atoms with Crippen molar-refractivity contribution >= 4 is 23.1 Å². The smallest absolute Gasteiger partial charge is 0.348 e. The maximum absolute atomic E-state index is 11.0. The Morgan fingerprint density at radius 2 is 1.94 bits per heavy atom. The Morgan fingerprint density at radius 3 is 2.39 bits per heavy atom. The molecule has 0 aliphatic rings. The zero-order valence-corrected chi connectivity index (χ0v) is 11.7. The number of rotatable bonds is 5. The molecule has 0 aliphatic carbocycles. The fourth-order valence-electron chi connectivity index (χ4n) is 1.46. The quantitative estimate of drug-likeness (QED) is 0.506. The van der Waals surface area contributed by atoms with Gasteiger partial charge in [-0.15, -0.1) is 0 Å². The predicted molar refractivity (Wildman–Crippen MR) is 71.0 cm³/mol. The molecule has 18 heavy (non-hydrogen) atoms. The Labute approximate surface area is 111 Å². The molecule has 0 fully saturated rings. The van der Waals surface area contributed by atoms with E-state index in [1.54, 1.807) is 0 Å². The summed E-state index contributed by atoms with van der Waals surface area (Å²) in [6.45, 7) is 7.80. The van der Waals surface area contributed by atoms with Crippen molar-refractivity contribution in [2.45, 2.75) is 40.2 Å². The highest BCUT2D eigenvalue weighted by Gasteiger charge is 2.24. The maximum Gasteiger partial charge on any atom is 0.348 e. The normalized spacial score (nSPS) is 11.1. The molecule has 1 aromatic heterocycles. The van der Waals surface area contributed by atoms with Crippen LogP contribution in [0.4, 0.5) is 11.5 Å². The van der Waals surface area contributed by atoms with Gasteiger partial charge in [0.05, 0.1) is 4.92 Å². The summed E-state index contributed by atoms with van der Waals surface area (Å²) in [6.07, 6.45) is 0.629. The SMILES string of the molecule is CC(C)Cc1nc(Cl)c([N+](=O)[O-])c(NC(C)C)n1. The fourth-order valence-corrected chi connectivity index (χ4v) is 1.72. The van der Waals surface area contributed by atoms with Crippen LogP contribution in [0, 0.1) is 16.0 Å². The van der Waals surface area contributed by atoms with Crippen LogP contribution in [0.5, 0.6) is 0 Å². The van der Waals surface area contributed by atoms with Crippen LogP contribution in [0.25, 0.3) is 0 Å². The van der Waals surface area contributed by atoms with Crippen molar-refractivity contribution in [3.8, 4) is 0 Å². The van der Waals surface area contributed by atoms with Gasteiger partial charge in [-0.1, -0.05) is 25.4 Å². The Hall–Kier alpha value is -1.43. The van der Waals surface area contributed by atoms with Crippen LogP contribution in [0.2, 0.25) is 5.15 Å². The molecule has 1 aromatic rings. The molecular formula is C11H17ClN4O2. The first-order chi connectivity index (χ1) is 8.31. The van der Waals surface area contributed by atoms with Gasteiger partial charge in [-0.2, -0.15) is 0 Å². The lowest BCUT2D eigenvalue weighted by Gasteiger charge is -2.12. The van der Waals surface area contributed by atoms with Crippen molar-refractivity contribution in [1.29, 1.82) is 0 Å². The summed E-state index contributed by atoms with van der Waals surface area (Å²) in [6, 6.07) is 0.0292. The molecule has 0 unspecified atom stereocenters. The highest BCUT2D eigenvalue weighted by atomic mass is 35.5. The molecule has 0 atom stereocenters. The van der Waals surface area contributed by atoms with Crippen LogP contribution >= 0.6 is 11.6 Å². The van der Waals surface area contributed by atoms with Gasteiger partial charge < -0.3 is 5.32 Å². The van der Waals surface area contributed by atoms with E-state index >= 15 is 0 Å². The fraction of sp³-hybridized carbons (Fsp3) is 0.636. The Morgan fingerprint density at radius 1 is 1.33 bits per heavy atom. The molecule has 0 spiro atoms. The van der Waals surface area contributed by atoms with Gasteiger partial charge in [0.1, 0.15) is 5.82 Å². The largest absolute Gasteiger partial charge is 0.362 e. The third kappa shape index (κ3) is 3.80. The lowest BCUT2D eigenvalue weighted by Crippen LogP contribution is -2.15. The molecule has 0 aliphatic heterocycles. The first-order valence-corrected chi connectivity index (χ1v) is 6.16. The van der Waals surface area contributed by atoms with Crippen molar-refractivity contribution in [1.82, 2.24) is 9.97 Å². The summed E-state index contributed by atoms with van der Waals surface area (Å²) in [5, 5.41) is 13.8. The van der Waals surface area contributed by atoms with Crippen LogP contribution in [-0.2, 0) is 6.42 Å². The molecule has 6 nitrogen and oxygen atoms in total. The van der Waals surface area contributed by atoms with Crippen molar-refractivity contribution in [3.05, 3.63) is 21.1 Å². The van der Waals surface area contributed by atoms with Crippen molar-refractivity contribution in [2.24, 2.45) is 5.92 Å². The van der Waals surface area contributed by atoms with E-state index in [4.69, 9.17) is 11.6 Å². The lowest BCUT2D eigenvalue weighted by atomic mass is 10.1. The second-order valence-corrected chi connectivity index (χ2v) is 5.14. The molecule has 0 bridgehead atoms. The second-order valence-electron chi connectivity index (χ2n) is 4.78. The van der Waals surface area contributed by atoms with Gasteiger partial charge in [0.15, 0.2) is 0 Å². The van der Waals surface area contributed by atoms with Gasteiger partial charge in [-0.05, 0) is 19.8 Å². The molecule has 0 radical (unpaired) electrons. The van der Waals surface area contributed by atoms with Crippen LogP contribution in [-0.4, -0.2) is 20.9 Å². The zero-order chi connectivity index (χ0) is 13.9. The summed E-state index contributed by atoms with van der Waals surface area (Å²) >= 11 is 5.86. The van der Waals surface area contributed by atoms with E-state index in [0.717, 1.165) is 0 Å². The van der Waals surface area contributed by atoms with E-state index in [1.165, 1.54) is 0 Å². The molecule has 1 rings (SSSR count). The van der Waals surface area contributed by atoms with E-state index in [9.17, 15) is 10.1 Å². The number of halogens is 1. The molecule has 7 heteroatoms. The third-order valence-corrected chi connectivity index (χ3v) is 2.35. The molecule has 0 saturated heterocycles. The first-order valence-electron chi connectivity index (χ1n) is 5.78. The van der Waals surface area contributed by atoms with Gasteiger partial charge in [0.25, 0.3) is 0 Å². The summed E-state index contributed by atoms with van der Waals surface area (Å²) in [7, 11) is 0. The van der Waals surface area contributed by atoms with Gasteiger partial charge in [0, 0.05) is 12.5 Å². The number of nitrogens with one attached hydrogen (secondary N) is 1. The summed E-state index contributed by atoms with van der Waals surface area (Å²) in [5.41, 5.74) is -0.266. The highest BCUT2D eigenvalue weighted by Crippen LogP contribution is 2.30. The van der Waals surface area contributed by atoms with Crippen LogP contribution in [0.3, 0.4) is 0 Å². The van der Waals surface area contributed by atoms with Gasteiger partial charge in [-0.25, -0.2) is 9.97 Å². The standard InChI is InChI=1S/C11H17ClN4O2/c1-6(2)5-8-14-10(12)9(16(17)18)11(15-8)13-7(3)4/h6-7H,5H2,1-4H3,(H,13,14,15). The van der Waals surface area contributed by atoms with Crippen LogP contribution < -0.4 is 5.32 Å². The summed E-state index contributed by atoms with van der Waals surface area (Å²) < 4.78 is 0. The van der Waals surface area contributed by atoms with E-state index < -0.39 is 4.92 Å². The van der Waals surface area contributed by atoms with Gasteiger partial charge >= 0.3 is 5.69 Å². The maximum atomic E-state index is 11.0. The van der Waals surface area contributed by atoms with Crippen molar-refractivity contribution in [3.63, 3.8) is 0 Å². The molecule has 0 amide bonds. The Bertz CT molecular complexity index is 449. The average Bonchev–Trinajstić information content (AvgIpc) is 2.12. The average molecular weight is 273 g/mol. The number of anilines is 1. The molecular weight excluding hydrogens is 256 g/mol. The highest BCUT2D eigenvalue weighted by molar-refractivity contribution is 6.31. The minimum Gasteiger partial charge on any atom is -0.362 e. The second kappa shape index (κ2) is 5.95. The number of nitro groups is 1. The number of aromatic nitrogens is 2. The monoisotopic (exact) mass is 272 g/mol. The number of hydrogen-bond acceptors (Lipinski definition) is 5. The number of nitrogens with zero attached hydrogens (tertiary/aromatic N) is 3. The molecule has 0 aromatic carbocycles. The van der Waals surface area contributed by atoms with Gasteiger partial charge in [0.2, 0.25) is 11.0 Å². The number of hydrogen-bond donors (Lipinski definition) is 1. The van der Waals surface area contributed by atoms with Crippen molar-refractivity contribution < 1.29 is 4.92 Å². The minimum absolute atomic E-state index is 0.0292. The molecule has 0 saturated carbocycles. The molecule has 1 heterocycles. The zero-order valence-electron chi connectivity index (χ0n) is 10.9. The topological polar surface area (TPSA) is 81.0 Å². The minimum atomic E-state index is -0.563. The van der Waals surface area contributed by atoms with Crippen molar-refractivity contribution in [2.75, 3.05) is 5.32 Å². The van der Waals surface area contributed by atoms with E-state index in [1.807, 2.05) is 27.7 Å². The van der Waals surface area contributed by atoms with E-state index in [2.05, 4.69) is 15.3 Å². The van der Waals surface area contributed by atoms with E-state index in [0.29, 0.717) is 18.2 Å². The molecule has 1 N–H and O–H groups in total. The Kier molecular flexibility index (Phi) is 4.84. The third-order valence-electron chi connectivity index (χ3n) is 2.09. The van der Waals surface area contributed by atoms with Gasteiger partial charge in [-0.3, -0.25) is 10.1 Å². The lowest BCUT2D eigenvalue weighted by molar-refractivity contribution is -0.384. The van der Waals surface area contributed by atoms with Crippen LogP contribution in [0.15, 0.2) is 0 Å².